The van der Waals surface area contributed by atoms with Crippen molar-refractivity contribution in [3.63, 3.8) is 0 Å². The molecule has 0 aliphatic carbocycles. The van der Waals surface area contributed by atoms with Crippen LogP contribution in [-0.2, 0) is 12.7 Å². The highest BCUT2D eigenvalue weighted by atomic mass is 35.5. The van der Waals surface area contributed by atoms with Gasteiger partial charge < -0.3 is 14.7 Å². The Hall–Kier alpha value is -1.35. The Kier molecular flexibility index (Phi) is 7.80. The first-order valence-corrected chi connectivity index (χ1v) is 11.4. The lowest BCUT2D eigenvalue weighted by Crippen LogP contribution is -2.39. The molecule has 1 aliphatic heterocycles. The van der Waals surface area contributed by atoms with Gasteiger partial charge in [0.2, 0.25) is 0 Å². The van der Waals surface area contributed by atoms with Gasteiger partial charge in [-0.15, -0.1) is 0 Å². The molecule has 1 atom stereocenters. The van der Waals surface area contributed by atoms with Gasteiger partial charge >= 0.3 is 6.18 Å². The summed E-state index contributed by atoms with van der Waals surface area (Å²) < 4.78 is 46.0. The Morgan fingerprint density at radius 3 is 2.31 bits per heavy atom. The average molecular weight is 515 g/mol. The van der Waals surface area contributed by atoms with E-state index < -0.39 is 23.0 Å². The third-order valence-electron chi connectivity index (χ3n) is 5.55. The highest BCUT2D eigenvalue weighted by Gasteiger charge is 2.38. The normalized spacial score (nSPS) is 16.7. The molecule has 2 aromatic rings. The molecule has 0 saturated carbocycles. The van der Waals surface area contributed by atoms with Crippen molar-refractivity contribution >= 4 is 40.5 Å². The standard InChI is InChI=1S/C21H25Cl3F3N3O2/c1-11(2)32-18-9-16(14(22)8-15(18)23)29-6-4-13(5-7-29)17(31)10-30-12(3)19(24)20(28-30)21(25,26)27/h8-9,11,13,17,31H,4-7,10H2,1-3H3. The number of hydrogen-bond acceptors (Lipinski definition) is 4. The molecule has 1 N–H and O–H groups in total. The molecule has 178 valence electrons. The van der Waals surface area contributed by atoms with Gasteiger partial charge in [0.05, 0.1) is 45.2 Å². The number of halogens is 6. The maximum atomic E-state index is 13.0. The van der Waals surface area contributed by atoms with Crippen LogP contribution in [0.1, 0.15) is 38.1 Å². The molecule has 0 spiro atoms. The van der Waals surface area contributed by atoms with E-state index in [1.165, 1.54) is 6.92 Å². The molecule has 2 heterocycles. The molecule has 5 nitrogen and oxygen atoms in total. The zero-order valence-corrected chi connectivity index (χ0v) is 20.2. The number of piperidine rings is 1. The van der Waals surface area contributed by atoms with Crippen LogP contribution in [0.3, 0.4) is 0 Å². The quantitative estimate of drug-likeness (QED) is 0.496. The number of benzene rings is 1. The summed E-state index contributed by atoms with van der Waals surface area (Å²) in [5.74, 6) is 0.454. The molecule has 1 unspecified atom stereocenters. The summed E-state index contributed by atoms with van der Waals surface area (Å²) in [5.41, 5.74) is -0.152. The van der Waals surface area contributed by atoms with Crippen LogP contribution in [-0.4, -0.2) is 40.2 Å². The van der Waals surface area contributed by atoms with Crippen molar-refractivity contribution < 1.29 is 23.0 Å². The number of nitrogens with zero attached hydrogens (tertiary/aromatic N) is 3. The van der Waals surface area contributed by atoms with Gasteiger partial charge in [0.25, 0.3) is 0 Å². The lowest BCUT2D eigenvalue weighted by atomic mass is 9.91. The van der Waals surface area contributed by atoms with Gasteiger partial charge in [0.1, 0.15) is 5.75 Å². The maximum Gasteiger partial charge on any atom is 0.436 e. The van der Waals surface area contributed by atoms with Crippen LogP contribution >= 0.6 is 34.8 Å². The SMILES string of the molecule is Cc1c(Cl)c(C(F)(F)F)nn1CC(O)C1CCN(c2cc(OC(C)C)c(Cl)cc2Cl)CC1. The van der Waals surface area contributed by atoms with Gasteiger partial charge in [0.15, 0.2) is 5.69 Å². The topological polar surface area (TPSA) is 50.5 Å². The molecule has 0 bridgehead atoms. The lowest BCUT2D eigenvalue weighted by molar-refractivity contribution is -0.141. The Labute approximate surface area is 200 Å². The fourth-order valence-electron chi connectivity index (χ4n) is 3.84. The second-order valence-electron chi connectivity index (χ2n) is 8.22. The van der Waals surface area contributed by atoms with Crippen molar-refractivity contribution in [2.24, 2.45) is 5.92 Å². The van der Waals surface area contributed by atoms with Crippen LogP contribution in [0.2, 0.25) is 15.1 Å². The minimum atomic E-state index is -4.64. The van der Waals surface area contributed by atoms with E-state index in [2.05, 4.69) is 10.00 Å². The number of aliphatic hydroxyl groups is 1. The first kappa shape index (κ1) is 25.3. The first-order valence-electron chi connectivity index (χ1n) is 10.3. The molecule has 1 fully saturated rings. The van der Waals surface area contributed by atoms with E-state index >= 15 is 0 Å². The van der Waals surface area contributed by atoms with Gasteiger partial charge in [-0.05, 0) is 45.6 Å². The Morgan fingerprint density at radius 1 is 1.16 bits per heavy atom. The molecule has 11 heteroatoms. The Bertz CT molecular complexity index is 958. The van der Waals surface area contributed by atoms with Crippen molar-refractivity contribution in [2.45, 2.75) is 58.5 Å². The van der Waals surface area contributed by atoms with Gasteiger partial charge in [-0.25, -0.2) is 0 Å². The monoisotopic (exact) mass is 513 g/mol. The smallest absolute Gasteiger partial charge is 0.436 e. The van der Waals surface area contributed by atoms with E-state index in [9.17, 15) is 18.3 Å². The summed E-state index contributed by atoms with van der Waals surface area (Å²) in [7, 11) is 0. The van der Waals surface area contributed by atoms with Crippen LogP contribution in [0.25, 0.3) is 0 Å². The van der Waals surface area contributed by atoms with Crippen molar-refractivity contribution in [1.82, 2.24) is 9.78 Å². The number of hydrogen-bond donors (Lipinski definition) is 1. The van der Waals surface area contributed by atoms with E-state index in [0.717, 1.165) is 10.4 Å². The van der Waals surface area contributed by atoms with Gasteiger partial charge in [-0.3, -0.25) is 4.68 Å². The Balaban J connectivity index is 1.66. The predicted octanol–water partition coefficient (Wildman–Crippen LogP) is 6.24. The molecule has 1 aromatic heterocycles. The molecule has 0 amide bonds. The average Bonchev–Trinajstić information content (AvgIpc) is 2.98. The first-order chi connectivity index (χ1) is 14.9. The van der Waals surface area contributed by atoms with Crippen molar-refractivity contribution in [3.05, 3.63) is 38.6 Å². The minimum absolute atomic E-state index is 0.0421. The summed E-state index contributed by atoms with van der Waals surface area (Å²) in [5, 5.41) is 14.8. The van der Waals surface area contributed by atoms with Crippen molar-refractivity contribution in [1.29, 1.82) is 0 Å². The third kappa shape index (κ3) is 5.58. The third-order valence-corrected chi connectivity index (χ3v) is 6.60. The zero-order chi connectivity index (χ0) is 23.8. The number of alkyl halides is 3. The summed E-state index contributed by atoms with van der Waals surface area (Å²) in [4.78, 5) is 2.09. The van der Waals surface area contributed by atoms with E-state index in [4.69, 9.17) is 39.5 Å². The predicted molar refractivity (Wildman–Crippen MR) is 120 cm³/mol. The van der Waals surface area contributed by atoms with Crippen molar-refractivity contribution in [3.8, 4) is 5.75 Å². The van der Waals surface area contributed by atoms with Crippen molar-refractivity contribution in [2.75, 3.05) is 18.0 Å². The molecule has 1 saturated heterocycles. The molecule has 32 heavy (non-hydrogen) atoms. The number of aromatic nitrogens is 2. The molecular weight excluding hydrogens is 490 g/mol. The van der Waals surface area contributed by atoms with E-state index in [1.54, 1.807) is 6.07 Å². The molecule has 0 radical (unpaired) electrons. The van der Waals surface area contributed by atoms with Gasteiger partial charge in [0, 0.05) is 19.2 Å². The fourth-order valence-corrected chi connectivity index (χ4v) is 4.63. The molecule has 3 rings (SSSR count). The number of rotatable bonds is 6. The second-order valence-corrected chi connectivity index (χ2v) is 9.41. The number of anilines is 1. The zero-order valence-electron chi connectivity index (χ0n) is 17.9. The molecular formula is C21H25Cl3F3N3O2. The van der Waals surface area contributed by atoms with Gasteiger partial charge in [-0.2, -0.15) is 18.3 Å². The highest BCUT2D eigenvalue weighted by molar-refractivity contribution is 6.37. The molecule has 1 aromatic carbocycles. The van der Waals surface area contributed by atoms with Gasteiger partial charge in [-0.1, -0.05) is 34.8 Å². The number of ether oxygens (including phenoxy) is 1. The summed E-state index contributed by atoms with van der Waals surface area (Å²) in [6, 6.07) is 3.47. The van der Waals surface area contributed by atoms with Crippen LogP contribution < -0.4 is 9.64 Å². The summed E-state index contributed by atoms with van der Waals surface area (Å²) in [6.07, 6.45) is -4.26. The number of aliphatic hydroxyl groups excluding tert-OH is 1. The summed E-state index contributed by atoms with van der Waals surface area (Å²) >= 11 is 18.4. The van der Waals surface area contributed by atoms with Crippen LogP contribution in [0.15, 0.2) is 12.1 Å². The van der Waals surface area contributed by atoms with Crippen LogP contribution in [0, 0.1) is 12.8 Å². The van der Waals surface area contributed by atoms with Crippen LogP contribution in [0.4, 0.5) is 18.9 Å². The lowest BCUT2D eigenvalue weighted by Gasteiger charge is -2.36. The largest absolute Gasteiger partial charge is 0.489 e. The second kappa shape index (κ2) is 9.87. The van der Waals surface area contributed by atoms with E-state index in [0.29, 0.717) is 41.7 Å². The van der Waals surface area contributed by atoms with E-state index in [1.807, 2.05) is 19.9 Å². The summed E-state index contributed by atoms with van der Waals surface area (Å²) in [6.45, 7) is 6.46. The van der Waals surface area contributed by atoms with Crippen LogP contribution in [0.5, 0.6) is 5.75 Å². The molecule has 1 aliphatic rings. The highest BCUT2D eigenvalue weighted by Crippen LogP contribution is 2.39. The van der Waals surface area contributed by atoms with E-state index in [-0.39, 0.29) is 24.3 Å². The Morgan fingerprint density at radius 2 is 1.78 bits per heavy atom. The fraction of sp³-hybridized carbons (Fsp3) is 0.571. The minimum Gasteiger partial charge on any atom is -0.489 e. The maximum absolute atomic E-state index is 13.0.